The van der Waals surface area contributed by atoms with Gasteiger partial charge in [0.2, 0.25) is 0 Å². The molecule has 4 aliphatic rings. The van der Waals surface area contributed by atoms with E-state index in [4.69, 9.17) is 4.18 Å². The summed E-state index contributed by atoms with van der Waals surface area (Å²) < 4.78 is 44.5. The third kappa shape index (κ3) is 2.90. The number of ketones is 1. The summed E-state index contributed by atoms with van der Waals surface area (Å²) in [4.78, 5) is 13.1. The molecule has 0 radical (unpaired) electrons. The van der Waals surface area contributed by atoms with Crippen LogP contribution in [-0.4, -0.2) is 54.7 Å². The quantitative estimate of drug-likeness (QED) is 0.631. The number of halogens is 1. The zero-order chi connectivity index (χ0) is 23.0. The van der Waals surface area contributed by atoms with Crippen molar-refractivity contribution in [1.82, 2.24) is 0 Å². The van der Waals surface area contributed by atoms with Crippen LogP contribution < -0.4 is 0 Å². The molecule has 8 heteroatoms. The van der Waals surface area contributed by atoms with E-state index in [1.807, 2.05) is 25.2 Å². The Hall–Kier alpha value is -1.09. The minimum atomic E-state index is -3.86. The fourth-order valence-electron chi connectivity index (χ4n) is 7.59. The van der Waals surface area contributed by atoms with Gasteiger partial charge in [-0.15, -0.1) is 0 Å². The van der Waals surface area contributed by atoms with Crippen molar-refractivity contribution in [1.29, 1.82) is 0 Å². The Labute approximate surface area is 183 Å². The molecule has 0 heterocycles. The number of hydrogen-bond acceptors (Lipinski definition) is 6. The molecule has 4 rings (SSSR count). The Balaban J connectivity index is 1.74. The van der Waals surface area contributed by atoms with E-state index in [1.54, 1.807) is 13.8 Å². The van der Waals surface area contributed by atoms with Crippen LogP contribution in [-0.2, 0) is 19.1 Å². The van der Waals surface area contributed by atoms with Gasteiger partial charge in [-0.3, -0.25) is 8.98 Å². The standard InChI is InChI=1S/C23H33FO6S/c1-14-11-17-16-9-8-15-7-5-6-10-20(15,2)22(16,24)18(25)12-21(17,3)23(14,27)19(26)13-30-31(4,28)29/h5-7,14,16-18,25,27H,8-13H2,1-4H3/t14-,16-,17-,18-,20-,21-,22-,23-/m0/s1. The van der Waals surface area contributed by atoms with Crippen molar-refractivity contribution in [2.24, 2.45) is 28.6 Å². The van der Waals surface area contributed by atoms with Gasteiger partial charge in [-0.05, 0) is 43.9 Å². The van der Waals surface area contributed by atoms with Crippen molar-refractivity contribution in [3.05, 3.63) is 23.8 Å². The Morgan fingerprint density at radius 3 is 2.65 bits per heavy atom. The molecule has 0 aromatic rings. The molecule has 2 N–H and O–H groups in total. The molecule has 0 aromatic carbocycles. The van der Waals surface area contributed by atoms with Crippen LogP contribution in [0.5, 0.6) is 0 Å². The van der Waals surface area contributed by atoms with Crippen molar-refractivity contribution in [3.8, 4) is 0 Å². The zero-order valence-electron chi connectivity index (χ0n) is 18.6. The molecule has 0 saturated heterocycles. The third-order valence-corrected chi connectivity index (χ3v) is 9.75. The van der Waals surface area contributed by atoms with E-state index in [1.165, 1.54) is 0 Å². The van der Waals surface area contributed by atoms with Gasteiger partial charge in [0, 0.05) is 16.7 Å². The molecule has 3 saturated carbocycles. The molecular weight excluding hydrogens is 423 g/mol. The number of hydrogen-bond donors (Lipinski definition) is 2. The Bertz CT molecular complexity index is 959. The fourth-order valence-corrected chi connectivity index (χ4v) is 7.91. The SMILES string of the molecule is C[C@H]1C[C@H]2[C@@H]3CCC4=CC=CC[C@]4(C)[C@@]3(F)[C@@H](O)C[C@]2(C)[C@@]1(O)C(=O)COS(C)(=O)=O. The summed E-state index contributed by atoms with van der Waals surface area (Å²) in [6.45, 7) is 4.61. The predicted octanol–water partition coefficient (Wildman–Crippen LogP) is 2.70. The maximum absolute atomic E-state index is 17.0. The van der Waals surface area contributed by atoms with Gasteiger partial charge in [-0.25, -0.2) is 4.39 Å². The number of aliphatic hydroxyl groups excluding tert-OH is 1. The summed E-state index contributed by atoms with van der Waals surface area (Å²) in [5.41, 5.74) is -4.64. The number of alkyl halides is 1. The highest BCUT2D eigenvalue weighted by molar-refractivity contribution is 7.86. The summed E-state index contributed by atoms with van der Waals surface area (Å²) in [5, 5.41) is 23.0. The Kier molecular flexibility index (Phi) is 5.18. The van der Waals surface area contributed by atoms with Gasteiger partial charge in [0.15, 0.2) is 5.78 Å². The van der Waals surface area contributed by atoms with E-state index in [-0.39, 0.29) is 12.3 Å². The van der Waals surface area contributed by atoms with Crippen LogP contribution in [0.3, 0.4) is 0 Å². The third-order valence-electron chi connectivity index (χ3n) is 9.21. The van der Waals surface area contributed by atoms with Crippen LogP contribution in [0.1, 0.15) is 52.9 Å². The molecule has 0 bridgehead atoms. The molecule has 0 unspecified atom stereocenters. The Morgan fingerprint density at radius 1 is 1.32 bits per heavy atom. The number of fused-ring (bicyclic) bond motifs is 5. The van der Waals surface area contributed by atoms with Gasteiger partial charge in [0.05, 0.1) is 12.4 Å². The number of rotatable bonds is 4. The van der Waals surface area contributed by atoms with Gasteiger partial charge >= 0.3 is 0 Å². The maximum atomic E-state index is 17.0. The molecule has 0 aromatic heterocycles. The summed E-state index contributed by atoms with van der Waals surface area (Å²) >= 11 is 0. The van der Waals surface area contributed by atoms with E-state index in [2.05, 4.69) is 0 Å². The molecule has 0 amide bonds. The molecule has 174 valence electrons. The molecule has 6 nitrogen and oxygen atoms in total. The minimum absolute atomic E-state index is 0.0668. The van der Waals surface area contributed by atoms with Crippen LogP contribution in [0.2, 0.25) is 0 Å². The first-order chi connectivity index (χ1) is 14.2. The molecule has 3 fully saturated rings. The number of Topliss-reactive ketones (excluding diaryl/α,β-unsaturated/α-hetero) is 1. The smallest absolute Gasteiger partial charge is 0.264 e. The monoisotopic (exact) mass is 456 g/mol. The fraction of sp³-hybridized carbons (Fsp3) is 0.783. The lowest BCUT2D eigenvalue weighted by molar-refractivity contribution is -0.226. The molecule has 8 atom stereocenters. The number of aliphatic hydroxyl groups is 2. The lowest BCUT2D eigenvalue weighted by Crippen LogP contribution is -2.69. The van der Waals surface area contributed by atoms with Crippen LogP contribution in [0.15, 0.2) is 23.8 Å². The lowest BCUT2D eigenvalue weighted by atomic mass is 9.44. The van der Waals surface area contributed by atoms with Gasteiger partial charge < -0.3 is 10.2 Å². The second-order valence-corrected chi connectivity index (χ2v) is 12.2. The van der Waals surface area contributed by atoms with Crippen molar-refractivity contribution in [2.45, 2.75) is 70.2 Å². The second kappa shape index (κ2) is 6.95. The predicted molar refractivity (Wildman–Crippen MR) is 113 cm³/mol. The van der Waals surface area contributed by atoms with E-state index >= 15 is 4.39 Å². The van der Waals surface area contributed by atoms with Crippen LogP contribution >= 0.6 is 0 Å². The highest BCUT2D eigenvalue weighted by Gasteiger charge is 2.75. The first kappa shape index (κ1) is 23.1. The average Bonchev–Trinajstić information content (AvgIpc) is 2.88. The van der Waals surface area contributed by atoms with Crippen LogP contribution in [0, 0.1) is 28.6 Å². The maximum Gasteiger partial charge on any atom is 0.264 e. The Morgan fingerprint density at radius 2 is 2.00 bits per heavy atom. The normalized spacial score (nSPS) is 49.1. The van der Waals surface area contributed by atoms with E-state index in [9.17, 15) is 23.4 Å². The van der Waals surface area contributed by atoms with E-state index in [0.29, 0.717) is 25.7 Å². The highest BCUT2D eigenvalue weighted by atomic mass is 32.2. The lowest BCUT2D eigenvalue weighted by Gasteiger charge is -2.63. The summed E-state index contributed by atoms with van der Waals surface area (Å²) in [7, 11) is -3.86. The van der Waals surface area contributed by atoms with Crippen molar-refractivity contribution in [3.63, 3.8) is 0 Å². The number of carbonyl (C=O) groups excluding carboxylic acids is 1. The average molecular weight is 457 g/mol. The van der Waals surface area contributed by atoms with Gasteiger partial charge in [0.1, 0.15) is 17.9 Å². The van der Waals surface area contributed by atoms with E-state index < -0.39 is 62.5 Å². The molecule has 31 heavy (non-hydrogen) atoms. The largest absolute Gasteiger partial charge is 0.390 e. The zero-order valence-corrected chi connectivity index (χ0v) is 19.4. The summed E-state index contributed by atoms with van der Waals surface area (Å²) in [6, 6.07) is 0. The van der Waals surface area contributed by atoms with E-state index in [0.717, 1.165) is 11.8 Å². The minimum Gasteiger partial charge on any atom is -0.390 e. The van der Waals surface area contributed by atoms with Crippen LogP contribution in [0.25, 0.3) is 0 Å². The topological polar surface area (TPSA) is 101 Å². The molecular formula is C23H33FO6S. The molecule has 0 aliphatic heterocycles. The summed E-state index contributed by atoms with van der Waals surface area (Å²) in [6.07, 6.45) is 7.47. The number of carbonyl (C=O) groups is 1. The van der Waals surface area contributed by atoms with Crippen molar-refractivity contribution in [2.75, 3.05) is 12.9 Å². The summed E-state index contributed by atoms with van der Waals surface area (Å²) in [5.74, 6) is -2.05. The van der Waals surface area contributed by atoms with Gasteiger partial charge in [-0.2, -0.15) is 8.42 Å². The first-order valence-electron chi connectivity index (χ1n) is 11.0. The van der Waals surface area contributed by atoms with Crippen molar-refractivity contribution < 1.29 is 32.0 Å². The van der Waals surface area contributed by atoms with Crippen molar-refractivity contribution >= 4 is 15.9 Å². The molecule has 4 aliphatic carbocycles. The van der Waals surface area contributed by atoms with Gasteiger partial charge in [-0.1, -0.05) is 44.6 Å². The van der Waals surface area contributed by atoms with Gasteiger partial charge in [0.25, 0.3) is 10.1 Å². The number of allylic oxidation sites excluding steroid dienone is 4. The molecule has 0 spiro atoms. The van der Waals surface area contributed by atoms with Crippen LogP contribution in [0.4, 0.5) is 4.39 Å². The first-order valence-corrected chi connectivity index (χ1v) is 12.9. The second-order valence-electron chi connectivity index (χ2n) is 10.6. The highest BCUT2D eigenvalue weighted by Crippen LogP contribution is 2.71.